The maximum absolute atomic E-state index is 12.2. The van der Waals surface area contributed by atoms with Gasteiger partial charge in [0.1, 0.15) is 0 Å². The summed E-state index contributed by atoms with van der Waals surface area (Å²) in [5, 5.41) is 17.3. The third-order valence-corrected chi connectivity index (χ3v) is 3.97. The van der Waals surface area contributed by atoms with Crippen molar-refractivity contribution in [3.63, 3.8) is 0 Å². The molecule has 1 saturated carbocycles. The zero-order valence-electron chi connectivity index (χ0n) is 13.8. The summed E-state index contributed by atoms with van der Waals surface area (Å²) in [6, 6.07) is 5.87. The van der Waals surface area contributed by atoms with Crippen LogP contribution >= 0.6 is 0 Å². The van der Waals surface area contributed by atoms with Crippen molar-refractivity contribution in [3.05, 3.63) is 29.8 Å². The SMILES string of the molecule is CC(C)NC(=O)Nc1ccc(C(=O)N[C@@H]2CCC[C@@H]2C(=O)O)cc1. The van der Waals surface area contributed by atoms with Crippen molar-refractivity contribution in [3.8, 4) is 0 Å². The number of nitrogens with one attached hydrogen (secondary N) is 3. The number of aliphatic carboxylic acids is 1. The minimum atomic E-state index is -0.867. The van der Waals surface area contributed by atoms with Crippen molar-refractivity contribution in [2.45, 2.75) is 45.2 Å². The normalized spacial score (nSPS) is 19.8. The van der Waals surface area contributed by atoms with E-state index < -0.39 is 11.9 Å². The monoisotopic (exact) mass is 333 g/mol. The van der Waals surface area contributed by atoms with Crippen molar-refractivity contribution < 1.29 is 19.5 Å². The lowest BCUT2D eigenvalue weighted by Crippen LogP contribution is -2.40. The van der Waals surface area contributed by atoms with Crippen LogP contribution in [-0.2, 0) is 4.79 Å². The summed E-state index contributed by atoms with van der Waals surface area (Å²) in [6.07, 6.45) is 2.07. The quantitative estimate of drug-likeness (QED) is 0.662. The Kier molecular flexibility index (Phi) is 5.78. The first kappa shape index (κ1) is 17.8. The molecule has 0 heterocycles. The van der Waals surface area contributed by atoms with Crippen LogP contribution in [-0.4, -0.2) is 35.1 Å². The van der Waals surface area contributed by atoms with Gasteiger partial charge in [0.25, 0.3) is 5.91 Å². The Labute approximate surface area is 140 Å². The third-order valence-electron chi connectivity index (χ3n) is 3.97. The molecule has 4 N–H and O–H groups in total. The number of anilines is 1. The molecule has 2 rings (SSSR count). The van der Waals surface area contributed by atoms with Gasteiger partial charge in [0.05, 0.1) is 5.92 Å². The van der Waals surface area contributed by atoms with E-state index in [0.717, 1.165) is 6.42 Å². The van der Waals surface area contributed by atoms with E-state index in [9.17, 15) is 14.4 Å². The molecule has 2 atom stereocenters. The number of hydrogen-bond donors (Lipinski definition) is 4. The molecule has 24 heavy (non-hydrogen) atoms. The molecule has 0 saturated heterocycles. The molecule has 0 aromatic heterocycles. The summed E-state index contributed by atoms with van der Waals surface area (Å²) < 4.78 is 0. The zero-order valence-corrected chi connectivity index (χ0v) is 13.8. The lowest BCUT2D eigenvalue weighted by Gasteiger charge is -2.17. The predicted octanol–water partition coefficient (Wildman–Crippen LogP) is 2.20. The molecular weight excluding hydrogens is 310 g/mol. The van der Waals surface area contributed by atoms with E-state index in [1.54, 1.807) is 24.3 Å². The second kappa shape index (κ2) is 7.81. The van der Waals surface area contributed by atoms with Gasteiger partial charge >= 0.3 is 12.0 Å². The van der Waals surface area contributed by atoms with Crippen LogP contribution in [0.2, 0.25) is 0 Å². The molecule has 0 radical (unpaired) electrons. The Hall–Kier alpha value is -2.57. The molecule has 3 amide bonds. The molecule has 1 aliphatic carbocycles. The van der Waals surface area contributed by atoms with Crippen LogP contribution in [0.3, 0.4) is 0 Å². The number of rotatable bonds is 5. The third kappa shape index (κ3) is 4.71. The van der Waals surface area contributed by atoms with Gasteiger partial charge in [-0.25, -0.2) is 4.79 Å². The lowest BCUT2D eigenvalue weighted by atomic mass is 10.0. The number of urea groups is 1. The highest BCUT2D eigenvalue weighted by molar-refractivity contribution is 5.96. The van der Waals surface area contributed by atoms with Gasteiger partial charge in [-0.1, -0.05) is 6.42 Å². The number of amides is 3. The Morgan fingerprint density at radius 1 is 1.12 bits per heavy atom. The number of carboxylic acids is 1. The topological polar surface area (TPSA) is 108 Å². The van der Waals surface area contributed by atoms with Crippen molar-refractivity contribution in [1.82, 2.24) is 10.6 Å². The van der Waals surface area contributed by atoms with Crippen molar-refractivity contribution in [2.24, 2.45) is 5.92 Å². The molecular formula is C17H23N3O4. The first-order valence-corrected chi connectivity index (χ1v) is 8.08. The zero-order chi connectivity index (χ0) is 17.7. The van der Waals surface area contributed by atoms with Crippen LogP contribution < -0.4 is 16.0 Å². The molecule has 7 heteroatoms. The Morgan fingerprint density at radius 2 is 1.79 bits per heavy atom. The van der Waals surface area contributed by atoms with Crippen LogP contribution in [0, 0.1) is 5.92 Å². The van der Waals surface area contributed by atoms with E-state index in [2.05, 4.69) is 16.0 Å². The first-order chi connectivity index (χ1) is 11.4. The maximum atomic E-state index is 12.2. The van der Waals surface area contributed by atoms with E-state index >= 15 is 0 Å². The molecule has 1 aromatic carbocycles. The van der Waals surface area contributed by atoms with Crippen LogP contribution in [0.5, 0.6) is 0 Å². The van der Waals surface area contributed by atoms with Gasteiger partial charge in [-0.05, 0) is 51.0 Å². The van der Waals surface area contributed by atoms with Gasteiger partial charge < -0.3 is 21.1 Å². The fraction of sp³-hybridized carbons (Fsp3) is 0.471. The van der Waals surface area contributed by atoms with Crippen LogP contribution in [0.4, 0.5) is 10.5 Å². The van der Waals surface area contributed by atoms with E-state index in [0.29, 0.717) is 24.1 Å². The fourth-order valence-corrected chi connectivity index (χ4v) is 2.81. The van der Waals surface area contributed by atoms with Gasteiger partial charge in [-0.3, -0.25) is 9.59 Å². The molecule has 0 bridgehead atoms. The van der Waals surface area contributed by atoms with Gasteiger partial charge in [0.2, 0.25) is 0 Å². The molecule has 0 unspecified atom stereocenters. The molecule has 1 fully saturated rings. The summed E-state index contributed by atoms with van der Waals surface area (Å²) in [5.74, 6) is -1.69. The van der Waals surface area contributed by atoms with E-state index in [1.807, 2.05) is 13.8 Å². The molecule has 1 aliphatic rings. The smallest absolute Gasteiger partial charge is 0.319 e. The van der Waals surface area contributed by atoms with Gasteiger partial charge in [0.15, 0.2) is 0 Å². The Bertz CT molecular complexity index is 613. The summed E-state index contributed by atoms with van der Waals surface area (Å²) >= 11 is 0. The Morgan fingerprint density at radius 3 is 2.38 bits per heavy atom. The summed E-state index contributed by atoms with van der Waals surface area (Å²) in [6.45, 7) is 3.72. The predicted molar refractivity (Wildman–Crippen MR) is 90.0 cm³/mol. The second-order valence-electron chi connectivity index (χ2n) is 6.29. The molecule has 130 valence electrons. The first-order valence-electron chi connectivity index (χ1n) is 8.08. The summed E-state index contributed by atoms with van der Waals surface area (Å²) in [4.78, 5) is 35.0. The van der Waals surface area contributed by atoms with Crippen molar-refractivity contribution >= 4 is 23.6 Å². The summed E-state index contributed by atoms with van der Waals surface area (Å²) in [7, 11) is 0. The number of hydrogen-bond acceptors (Lipinski definition) is 3. The van der Waals surface area contributed by atoms with Gasteiger partial charge in [-0.15, -0.1) is 0 Å². The molecule has 1 aromatic rings. The van der Waals surface area contributed by atoms with Gasteiger partial charge in [0, 0.05) is 23.3 Å². The van der Waals surface area contributed by atoms with Crippen LogP contribution in [0.1, 0.15) is 43.5 Å². The average molecular weight is 333 g/mol. The highest BCUT2D eigenvalue weighted by Gasteiger charge is 2.33. The van der Waals surface area contributed by atoms with Gasteiger partial charge in [-0.2, -0.15) is 0 Å². The lowest BCUT2D eigenvalue weighted by molar-refractivity contribution is -0.142. The largest absolute Gasteiger partial charge is 0.481 e. The number of carbonyl (C=O) groups excluding carboxylic acids is 2. The second-order valence-corrected chi connectivity index (χ2v) is 6.29. The minimum Gasteiger partial charge on any atom is -0.481 e. The van der Waals surface area contributed by atoms with E-state index in [-0.39, 0.29) is 24.0 Å². The highest BCUT2D eigenvalue weighted by atomic mass is 16.4. The Balaban J connectivity index is 1.94. The van der Waals surface area contributed by atoms with E-state index in [4.69, 9.17) is 5.11 Å². The van der Waals surface area contributed by atoms with Crippen LogP contribution in [0.25, 0.3) is 0 Å². The average Bonchev–Trinajstić information content (AvgIpc) is 2.95. The number of carboxylic acid groups (broad SMARTS) is 1. The molecule has 7 nitrogen and oxygen atoms in total. The van der Waals surface area contributed by atoms with Crippen molar-refractivity contribution in [2.75, 3.05) is 5.32 Å². The standard InChI is InChI=1S/C17H23N3O4/c1-10(2)18-17(24)19-12-8-6-11(7-9-12)15(21)20-14-5-3-4-13(14)16(22)23/h6-10,13-14H,3-5H2,1-2H3,(H,20,21)(H,22,23)(H2,18,19,24)/t13-,14+/m0/s1. The minimum absolute atomic E-state index is 0.0312. The van der Waals surface area contributed by atoms with Crippen LogP contribution in [0.15, 0.2) is 24.3 Å². The van der Waals surface area contributed by atoms with E-state index in [1.165, 1.54) is 0 Å². The van der Waals surface area contributed by atoms with Crippen molar-refractivity contribution in [1.29, 1.82) is 0 Å². The number of carbonyl (C=O) groups is 3. The molecule has 0 aliphatic heterocycles. The number of benzene rings is 1. The highest BCUT2D eigenvalue weighted by Crippen LogP contribution is 2.26. The summed E-state index contributed by atoms with van der Waals surface area (Å²) in [5.41, 5.74) is 1.01. The maximum Gasteiger partial charge on any atom is 0.319 e. The molecule has 0 spiro atoms. The fourth-order valence-electron chi connectivity index (χ4n) is 2.81.